The number of carbonyl (C=O) groups excluding carboxylic acids is 1. The molecule has 2 N–H and O–H groups in total. The Morgan fingerprint density at radius 1 is 0.958 bits per heavy atom. The Hall–Kier alpha value is -2.59. The molecule has 0 unspecified atom stereocenters. The van der Waals surface area contributed by atoms with Crippen molar-refractivity contribution in [3.05, 3.63) is 66.5 Å². The van der Waals surface area contributed by atoms with Gasteiger partial charge in [0.15, 0.2) is 0 Å². The summed E-state index contributed by atoms with van der Waals surface area (Å²) < 4.78 is 1.60. The second kappa shape index (κ2) is 6.49. The van der Waals surface area contributed by atoms with Gasteiger partial charge in [-0.15, -0.1) is 0 Å². The Labute approximate surface area is 141 Å². The van der Waals surface area contributed by atoms with Gasteiger partial charge in [0.2, 0.25) is 0 Å². The highest BCUT2D eigenvalue weighted by Crippen LogP contribution is 2.26. The molecule has 1 aliphatic heterocycles. The summed E-state index contributed by atoms with van der Waals surface area (Å²) in [7, 11) is 0. The van der Waals surface area contributed by atoms with Gasteiger partial charge >= 0.3 is 6.03 Å². The van der Waals surface area contributed by atoms with Gasteiger partial charge in [-0.2, -0.15) is 0 Å². The summed E-state index contributed by atoms with van der Waals surface area (Å²) in [6.45, 7) is 2.18. The molecule has 0 aliphatic carbocycles. The minimum Gasteiger partial charge on any atom is -0.317 e. The number of hydrogen-bond acceptors (Lipinski definition) is 2. The van der Waals surface area contributed by atoms with Gasteiger partial charge in [0.25, 0.3) is 0 Å². The Morgan fingerprint density at radius 3 is 2.21 bits per heavy atom. The summed E-state index contributed by atoms with van der Waals surface area (Å²) >= 11 is 0. The van der Waals surface area contributed by atoms with Crippen molar-refractivity contribution in [3.63, 3.8) is 0 Å². The number of hydrogen-bond donors (Lipinski definition) is 2. The van der Waals surface area contributed by atoms with E-state index in [0.29, 0.717) is 5.92 Å². The lowest BCUT2D eigenvalue weighted by Gasteiger charge is -2.23. The summed E-state index contributed by atoms with van der Waals surface area (Å²) in [6, 6.07) is 16.1. The van der Waals surface area contributed by atoms with Gasteiger partial charge < -0.3 is 10.6 Å². The quantitative estimate of drug-likeness (QED) is 0.744. The number of aromatic nitrogens is 1. The number of nitrogens with one attached hydrogen (secondary N) is 2. The number of nitrogens with zero attached hydrogens (tertiary/aromatic N) is 1. The lowest BCUT2D eigenvalue weighted by atomic mass is 9.90. The number of fused-ring (bicyclic) bond motifs is 1. The number of amides is 1. The zero-order chi connectivity index (χ0) is 16.4. The highest BCUT2D eigenvalue weighted by molar-refractivity contribution is 5.95. The van der Waals surface area contributed by atoms with Crippen molar-refractivity contribution < 1.29 is 4.79 Å². The molecule has 0 spiro atoms. The Bertz CT molecular complexity index is 812. The summed E-state index contributed by atoms with van der Waals surface area (Å²) in [5, 5.41) is 8.48. The molecule has 1 aromatic heterocycles. The maximum atomic E-state index is 12.4. The maximum absolute atomic E-state index is 12.4. The predicted octanol–water partition coefficient (Wildman–Crippen LogP) is 4.19. The molecule has 4 nitrogen and oxygen atoms in total. The molecule has 4 heteroatoms. The Morgan fingerprint density at radius 2 is 1.58 bits per heavy atom. The average molecular weight is 319 g/mol. The van der Waals surface area contributed by atoms with Crippen LogP contribution in [0.3, 0.4) is 0 Å². The fourth-order valence-corrected chi connectivity index (χ4v) is 3.38. The molecule has 24 heavy (non-hydrogen) atoms. The molecule has 1 fully saturated rings. The van der Waals surface area contributed by atoms with Crippen LogP contribution in [0.5, 0.6) is 0 Å². The van der Waals surface area contributed by atoms with Gasteiger partial charge in [-0.25, -0.2) is 4.79 Å². The molecule has 1 saturated heterocycles. The van der Waals surface area contributed by atoms with Crippen LogP contribution in [-0.2, 0) is 0 Å². The third-order valence-electron chi connectivity index (χ3n) is 4.76. The van der Waals surface area contributed by atoms with E-state index in [0.717, 1.165) is 29.5 Å². The van der Waals surface area contributed by atoms with E-state index >= 15 is 0 Å². The summed E-state index contributed by atoms with van der Waals surface area (Å²) in [4.78, 5) is 12.4. The van der Waals surface area contributed by atoms with Crippen LogP contribution in [0.1, 0.15) is 24.3 Å². The van der Waals surface area contributed by atoms with Crippen molar-refractivity contribution in [2.45, 2.75) is 18.8 Å². The van der Waals surface area contributed by atoms with Gasteiger partial charge in [-0.3, -0.25) is 4.57 Å². The van der Waals surface area contributed by atoms with Gasteiger partial charge in [0, 0.05) is 18.1 Å². The molecular formula is C20H21N3O. The lowest BCUT2D eigenvalue weighted by molar-refractivity contribution is 0.253. The van der Waals surface area contributed by atoms with Crippen molar-refractivity contribution >= 4 is 22.5 Å². The zero-order valence-electron chi connectivity index (χ0n) is 13.5. The fourth-order valence-electron chi connectivity index (χ4n) is 3.38. The van der Waals surface area contributed by atoms with Crippen LogP contribution in [-0.4, -0.2) is 23.7 Å². The lowest BCUT2D eigenvalue weighted by Crippen LogP contribution is -2.26. The molecule has 2 heterocycles. The summed E-state index contributed by atoms with van der Waals surface area (Å²) in [5.41, 5.74) is 2.19. The van der Waals surface area contributed by atoms with Crippen LogP contribution in [0, 0.1) is 0 Å². The normalized spacial score (nSPS) is 15.5. The molecule has 0 radical (unpaired) electrons. The van der Waals surface area contributed by atoms with E-state index in [1.807, 2.05) is 48.8 Å². The third kappa shape index (κ3) is 3.05. The van der Waals surface area contributed by atoms with Gasteiger partial charge in [-0.1, -0.05) is 36.4 Å². The zero-order valence-corrected chi connectivity index (χ0v) is 13.5. The Kier molecular flexibility index (Phi) is 4.05. The van der Waals surface area contributed by atoms with Crippen molar-refractivity contribution in [3.8, 4) is 0 Å². The second-order valence-corrected chi connectivity index (χ2v) is 6.37. The molecule has 3 aromatic rings. The minimum absolute atomic E-state index is 0.138. The number of benzene rings is 2. The molecule has 0 atom stereocenters. The molecule has 0 saturated carbocycles. The maximum Gasteiger partial charge on any atom is 0.329 e. The van der Waals surface area contributed by atoms with E-state index < -0.39 is 0 Å². The SMILES string of the molecule is O=C(Nc1ccc(C2CCNCC2)cc1)n1cc2ccccc2c1. The largest absolute Gasteiger partial charge is 0.329 e. The highest BCUT2D eigenvalue weighted by Gasteiger charge is 2.15. The standard InChI is InChI=1S/C20H21N3O/c24-20(23-13-17-3-1-2-4-18(17)14-23)22-19-7-5-15(6-8-19)16-9-11-21-12-10-16/h1-8,13-14,16,21H,9-12H2,(H,22,24). The molecule has 4 rings (SSSR count). The van der Waals surface area contributed by atoms with E-state index in [1.165, 1.54) is 18.4 Å². The smallest absolute Gasteiger partial charge is 0.317 e. The number of carbonyl (C=O) groups is 1. The van der Waals surface area contributed by atoms with E-state index in [-0.39, 0.29) is 6.03 Å². The van der Waals surface area contributed by atoms with Crippen molar-refractivity contribution in [1.29, 1.82) is 0 Å². The number of rotatable bonds is 2. The first-order chi connectivity index (χ1) is 11.8. The molecular weight excluding hydrogens is 298 g/mol. The van der Waals surface area contributed by atoms with Crippen molar-refractivity contribution in [2.24, 2.45) is 0 Å². The Balaban J connectivity index is 1.47. The van der Waals surface area contributed by atoms with Crippen LogP contribution in [0.15, 0.2) is 60.9 Å². The van der Waals surface area contributed by atoms with E-state index in [2.05, 4.69) is 22.8 Å². The highest BCUT2D eigenvalue weighted by atomic mass is 16.2. The van der Waals surface area contributed by atoms with Crippen LogP contribution >= 0.6 is 0 Å². The van der Waals surface area contributed by atoms with Crippen molar-refractivity contribution in [2.75, 3.05) is 18.4 Å². The molecule has 1 amide bonds. The number of piperidine rings is 1. The topological polar surface area (TPSA) is 46.1 Å². The first-order valence-electron chi connectivity index (χ1n) is 8.48. The van der Waals surface area contributed by atoms with Gasteiger partial charge in [0.1, 0.15) is 0 Å². The van der Waals surface area contributed by atoms with Gasteiger partial charge in [-0.05, 0) is 60.3 Å². The van der Waals surface area contributed by atoms with Crippen LogP contribution < -0.4 is 10.6 Å². The first-order valence-corrected chi connectivity index (χ1v) is 8.48. The molecule has 122 valence electrons. The van der Waals surface area contributed by atoms with Crippen LogP contribution in [0.25, 0.3) is 10.8 Å². The molecule has 2 aromatic carbocycles. The second-order valence-electron chi connectivity index (χ2n) is 6.37. The summed E-state index contributed by atoms with van der Waals surface area (Å²) in [6.07, 6.45) is 6.07. The molecule has 1 aliphatic rings. The summed E-state index contributed by atoms with van der Waals surface area (Å²) in [5.74, 6) is 0.630. The van der Waals surface area contributed by atoms with Crippen LogP contribution in [0.2, 0.25) is 0 Å². The third-order valence-corrected chi connectivity index (χ3v) is 4.76. The van der Waals surface area contributed by atoms with E-state index in [1.54, 1.807) is 4.57 Å². The van der Waals surface area contributed by atoms with E-state index in [9.17, 15) is 4.79 Å². The van der Waals surface area contributed by atoms with Crippen molar-refractivity contribution in [1.82, 2.24) is 9.88 Å². The van der Waals surface area contributed by atoms with Crippen LogP contribution in [0.4, 0.5) is 10.5 Å². The first kappa shape index (κ1) is 15.0. The fraction of sp³-hybridized carbons (Fsp3) is 0.250. The van der Waals surface area contributed by atoms with Gasteiger partial charge in [0.05, 0.1) is 0 Å². The molecule has 0 bridgehead atoms. The number of anilines is 1. The van der Waals surface area contributed by atoms with E-state index in [4.69, 9.17) is 0 Å². The predicted molar refractivity (Wildman–Crippen MR) is 97.6 cm³/mol. The average Bonchev–Trinajstić information content (AvgIpc) is 3.07. The minimum atomic E-state index is -0.138. The monoisotopic (exact) mass is 319 g/mol.